The Morgan fingerprint density at radius 3 is 2.52 bits per heavy atom. The van der Waals surface area contributed by atoms with Gasteiger partial charge in [-0.25, -0.2) is 4.98 Å². The van der Waals surface area contributed by atoms with E-state index in [9.17, 15) is 26.3 Å². The van der Waals surface area contributed by atoms with Crippen molar-refractivity contribution in [1.82, 2.24) is 14.9 Å². The summed E-state index contributed by atoms with van der Waals surface area (Å²) in [6.45, 7) is -1.53. The second-order valence-electron chi connectivity index (χ2n) is 4.57. The summed E-state index contributed by atoms with van der Waals surface area (Å²) in [5.74, 6) is -1.09. The van der Waals surface area contributed by atoms with Crippen molar-refractivity contribution < 1.29 is 31.1 Å². The Labute approximate surface area is 116 Å². The van der Waals surface area contributed by atoms with Gasteiger partial charge in [0.25, 0.3) is 0 Å². The second-order valence-corrected chi connectivity index (χ2v) is 4.57. The van der Waals surface area contributed by atoms with Crippen molar-refractivity contribution in [3.63, 3.8) is 0 Å². The van der Waals surface area contributed by atoms with Gasteiger partial charge in [-0.1, -0.05) is 0 Å². The van der Waals surface area contributed by atoms with Crippen molar-refractivity contribution >= 4 is 0 Å². The molecule has 120 valence electrons. The van der Waals surface area contributed by atoms with Crippen molar-refractivity contribution in [2.75, 3.05) is 19.8 Å². The lowest BCUT2D eigenvalue weighted by atomic mass is 10.2. The van der Waals surface area contributed by atoms with E-state index in [4.69, 9.17) is 0 Å². The number of fused-ring (bicyclic) bond motifs is 1. The van der Waals surface area contributed by atoms with Gasteiger partial charge >= 0.3 is 12.4 Å². The maximum atomic E-state index is 12.9. The minimum absolute atomic E-state index is 0.217. The Kier molecular flexibility index (Phi) is 4.47. The molecule has 1 N–H and O–H groups in total. The highest BCUT2D eigenvalue weighted by atomic mass is 19.4. The van der Waals surface area contributed by atoms with E-state index in [0.29, 0.717) is 18.7 Å². The molecule has 0 aliphatic carbocycles. The van der Waals surface area contributed by atoms with Crippen LogP contribution >= 0.6 is 0 Å². The summed E-state index contributed by atoms with van der Waals surface area (Å²) < 4.78 is 79.8. The number of alkyl halides is 6. The smallest absolute Gasteiger partial charge is 0.370 e. The fourth-order valence-electron chi connectivity index (χ4n) is 2.17. The summed E-state index contributed by atoms with van der Waals surface area (Å²) in [4.78, 5) is 3.55. The SMILES string of the molecule is FC(F)(F)COCCn1c(C(F)(F)F)nc2c1CCNC2. The van der Waals surface area contributed by atoms with Crippen LogP contribution in [-0.2, 0) is 30.4 Å². The zero-order valence-corrected chi connectivity index (χ0v) is 10.8. The van der Waals surface area contributed by atoms with Crippen LogP contribution < -0.4 is 5.32 Å². The van der Waals surface area contributed by atoms with Crippen LogP contribution in [0.15, 0.2) is 0 Å². The van der Waals surface area contributed by atoms with Crippen LogP contribution in [0, 0.1) is 0 Å². The van der Waals surface area contributed by atoms with E-state index in [0.717, 1.165) is 4.57 Å². The van der Waals surface area contributed by atoms with Gasteiger partial charge in [0.1, 0.15) is 6.61 Å². The highest BCUT2D eigenvalue weighted by Crippen LogP contribution is 2.31. The molecule has 0 saturated carbocycles. The van der Waals surface area contributed by atoms with Gasteiger partial charge in [0, 0.05) is 31.7 Å². The fraction of sp³-hybridized carbons (Fsp3) is 0.727. The van der Waals surface area contributed by atoms with Crippen molar-refractivity contribution in [3.05, 3.63) is 17.2 Å². The third kappa shape index (κ3) is 4.10. The summed E-state index contributed by atoms with van der Waals surface area (Å²) in [7, 11) is 0. The predicted octanol–water partition coefficient (Wildman–Crippen LogP) is 2.13. The molecule has 0 unspecified atom stereocenters. The van der Waals surface area contributed by atoms with Crippen LogP contribution in [0.5, 0.6) is 0 Å². The molecule has 0 aromatic carbocycles. The topological polar surface area (TPSA) is 39.1 Å². The number of rotatable bonds is 4. The average Bonchev–Trinajstić information content (AvgIpc) is 2.72. The van der Waals surface area contributed by atoms with E-state index in [2.05, 4.69) is 15.0 Å². The number of aromatic nitrogens is 2. The van der Waals surface area contributed by atoms with Crippen LogP contribution in [0.25, 0.3) is 0 Å². The first-order chi connectivity index (χ1) is 9.68. The lowest BCUT2D eigenvalue weighted by Gasteiger charge is -2.17. The molecular weight excluding hydrogens is 304 g/mol. The molecule has 0 atom stereocenters. The van der Waals surface area contributed by atoms with Crippen LogP contribution in [0.2, 0.25) is 0 Å². The van der Waals surface area contributed by atoms with E-state index in [-0.39, 0.29) is 18.8 Å². The lowest BCUT2D eigenvalue weighted by molar-refractivity contribution is -0.175. The molecule has 0 fully saturated rings. The Morgan fingerprint density at radius 2 is 1.90 bits per heavy atom. The van der Waals surface area contributed by atoms with Gasteiger partial charge in [0.2, 0.25) is 5.82 Å². The third-order valence-electron chi connectivity index (χ3n) is 2.96. The number of nitrogens with zero attached hydrogens (tertiary/aromatic N) is 2. The molecular formula is C11H13F6N3O. The summed E-state index contributed by atoms with van der Waals surface area (Å²) in [6.07, 6.45) is -8.80. The van der Waals surface area contributed by atoms with E-state index in [1.165, 1.54) is 0 Å². The maximum Gasteiger partial charge on any atom is 0.449 e. The van der Waals surface area contributed by atoms with Crippen LogP contribution in [-0.4, -0.2) is 35.5 Å². The zero-order chi connectivity index (χ0) is 15.7. The Morgan fingerprint density at radius 1 is 1.19 bits per heavy atom. The van der Waals surface area contributed by atoms with Crippen molar-refractivity contribution in [3.8, 4) is 0 Å². The van der Waals surface area contributed by atoms with E-state index < -0.39 is 31.4 Å². The second kappa shape index (κ2) is 5.84. The van der Waals surface area contributed by atoms with E-state index in [1.807, 2.05) is 0 Å². The third-order valence-corrected chi connectivity index (χ3v) is 2.96. The van der Waals surface area contributed by atoms with E-state index in [1.54, 1.807) is 0 Å². The Balaban J connectivity index is 2.11. The highest BCUT2D eigenvalue weighted by Gasteiger charge is 2.39. The van der Waals surface area contributed by atoms with Gasteiger partial charge in [-0.05, 0) is 0 Å². The molecule has 0 spiro atoms. The fourth-order valence-corrected chi connectivity index (χ4v) is 2.17. The first kappa shape index (κ1) is 16.1. The molecule has 1 aliphatic rings. The van der Waals surface area contributed by atoms with Gasteiger partial charge in [0.15, 0.2) is 0 Å². The van der Waals surface area contributed by atoms with Crippen LogP contribution in [0.4, 0.5) is 26.3 Å². The Bertz CT molecular complexity index is 493. The molecule has 21 heavy (non-hydrogen) atoms. The number of hydrogen-bond acceptors (Lipinski definition) is 3. The normalized spacial score (nSPS) is 16.1. The quantitative estimate of drug-likeness (QED) is 0.683. The molecule has 1 aromatic heterocycles. The number of imidazole rings is 1. The first-order valence-corrected chi connectivity index (χ1v) is 6.19. The zero-order valence-electron chi connectivity index (χ0n) is 10.8. The first-order valence-electron chi connectivity index (χ1n) is 6.19. The van der Waals surface area contributed by atoms with Gasteiger partial charge in [0.05, 0.1) is 12.3 Å². The van der Waals surface area contributed by atoms with Gasteiger partial charge in [-0.2, -0.15) is 26.3 Å². The molecule has 0 radical (unpaired) electrons. The minimum Gasteiger partial charge on any atom is -0.370 e. The largest absolute Gasteiger partial charge is 0.449 e. The maximum absolute atomic E-state index is 12.9. The molecule has 1 aliphatic heterocycles. The average molecular weight is 317 g/mol. The summed E-state index contributed by atoms with van der Waals surface area (Å²) in [5, 5.41) is 2.90. The summed E-state index contributed by atoms with van der Waals surface area (Å²) in [5.41, 5.74) is 0.682. The van der Waals surface area contributed by atoms with Crippen molar-refractivity contribution in [2.24, 2.45) is 0 Å². The number of halogens is 6. The van der Waals surface area contributed by atoms with Gasteiger partial charge in [-0.3, -0.25) is 0 Å². The molecule has 1 aromatic rings. The number of nitrogens with one attached hydrogen (secondary N) is 1. The van der Waals surface area contributed by atoms with Gasteiger partial charge in [-0.15, -0.1) is 0 Å². The molecule has 0 bridgehead atoms. The van der Waals surface area contributed by atoms with E-state index >= 15 is 0 Å². The van der Waals surface area contributed by atoms with Gasteiger partial charge < -0.3 is 14.6 Å². The number of ether oxygens (including phenoxy) is 1. The molecule has 0 saturated heterocycles. The molecule has 2 rings (SSSR count). The molecule has 2 heterocycles. The molecule has 0 amide bonds. The van der Waals surface area contributed by atoms with Crippen molar-refractivity contribution in [2.45, 2.75) is 31.9 Å². The van der Waals surface area contributed by atoms with Crippen LogP contribution in [0.1, 0.15) is 17.2 Å². The highest BCUT2D eigenvalue weighted by molar-refractivity contribution is 5.21. The van der Waals surface area contributed by atoms with Crippen molar-refractivity contribution in [1.29, 1.82) is 0 Å². The van der Waals surface area contributed by atoms with Crippen LogP contribution in [0.3, 0.4) is 0 Å². The monoisotopic (exact) mass is 317 g/mol. The standard InChI is InChI=1S/C11H13F6N3O/c12-10(13,14)6-21-4-3-20-8-1-2-18-5-7(8)19-9(20)11(15,16)17/h18H,1-6H2. The molecule has 10 heteroatoms. The number of hydrogen-bond donors (Lipinski definition) is 1. The lowest BCUT2D eigenvalue weighted by Crippen LogP contribution is -2.26. The summed E-state index contributed by atoms with van der Waals surface area (Å²) in [6, 6.07) is 0. The predicted molar refractivity (Wildman–Crippen MR) is 59.5 cm³/mol. The summed E-state index contributed by atoms with van der Waals surface area (Å²) >= 11 is 0. The molecule has 4 nitrogen and oxygen atoms in total. The Hall–Kier alpha value is -1.29. The minimum atomic E-state index is -4.65.